The predicted octanol–water partition coefficient (Wildman–Crippen LogP) is 3.21. The largest absolute Gasteiger partial charge is 0.380 e. The second-order valence-corrected chi connectivity index (χ2v) is 4.87. The van der Waals surface area contributed by atoms with Gasteiger partial charge in [-0.25, -0.2) is 4.39 Å². The molecule has 0 spiro atoms. The molecule has 0 radical (unpaired) electrons. The van der Waals surface area contributed by atoms with Crippen molar-refractivity contribution in [2.24, 2.45) is 0 Å². The monoisotopic (exact) mass is 287 g/mol. The molecule has 1 amide bonds. The maximum absolute atomic E-state index is 13.9. The van der Waals surface area contributed by atoms with Crippen LogP contribution in [0, 0.1) is 12.7 Å². The molecule has 1 N–H and O–H groups in total. The summed E-state index contributed by atoms with van der Waals surface area (Å²) in [5.41, 5.74) is 2.52. The summed E-state index contributed by atoms with van der Waals surface area (Å²) in [6.07, 6.45) is 0. The van der Waals surface area contributed by atoms with Gasteiger partial charge in [-0.1, -0.05) is 36.4 Å². The van der Waals surface area contributed by atoms with Gasteiger partial charge in [-0.3, -0.25) is 4.79 Å². The van der Waals surface area contributed by atoms with E-state index in [0.717, 1.165) is 11.1 Å². The quantitative estimate of drug-likeness (QED) is 0.917. The minimum absolute atomic E-state index is 0.0723. The van der Waals surface area contributed by atoms with Gasteiger partial charge in [0, 0.05) is 13.7 Å². The number of rotatable bonds is 5. The zero-order valence-electron chi connectivity index (χ0n) is 12.2. The van der Waals surface area contributed by atoms with Crippen LogP contribution in [0.2, 0.25) is 0 Å². The number of ether oxygens (including phenoxy) is 1. The molecule has 0 unspecified atom stereocenters. The summed E-state index contributed by atoms with van der Waals surface area (Å²) < 4.78 is 18.9. The van der Waals surface area contributed by atoms with Gasteiger partial charge >= 0.3 is 0 Å². The van der Waals surface area contributed by atoms with Crippen molar-refractivity contribution >= 4 is 5.91 Å². The lowest BCUT2D eigenvalue weighted by atomic mass is 10.1. The summed E-state index contributed by atoms with van der Waals surface area (Å²) in [5.74, 6) is -0.878. The summed E-state index contributed by atoms with van der Waals surface area (Å²) in [5, 5.41) is 2.73. The molecule has 0 saturated heterocycles. The average Bonchev–Trinajstić information content (AvgIpc) is 2.48. The normalized spacial score (nSPS) is 10.4. The minimum Gasteiger partial charge on any atom is -0.380 e. The van der Waals surface area contributed by atoms with Crippen LogP contribution in [-0.4, -0.2) is 13.0 Å². The van der Waals surface area contributed by atoms with Crippen LogP contribution in [0.1, 0.15) is 27.0 Å². The van der Waals surface area contributed by atoms with Crippen LogP contribution in [0.5, 0.6) is 0 Å². The lowest BCUT2D eigenvalue weighted by Crippen LogP contribution is -2.24. The molecule has 2 rings (SSSR count). The zero-order valence-corrected chi connectivity index (χ0v) is 12.2. The third-order valence-corrected chi connectivity index (χ3v) is 3.19. The number of carbonyl (C=O) groups excluding carboxylic acids is 1. The molecule has 0 saturated carbocycles. The fourth-order valence-electron chi connectivity index (χ4n) is 2.10. The molecule has 4 heteroatoms. The van der Waals surface area contributed by atoms with Crippen molar-refractivity contribution in [3.8, 4) is 0 Å². The molecule has 110 valence electrons. The molecule has 0 aliphatic rings. The van der Waals surface area contributed by atoms with Gasteiger partial charge < -0.3 is 10.1 Å². The predicted molar refractivity (Wildman–Crippen MR) is 79.5 cm³/mol. The Hall–Kier alpha value is -2.20. The molecule has 0 aliphatic carbocycles. The van der Waals surface area contributed by atoms with E-state index in [1.165, 1.54) is 6.07 Å². The lowest BCUT2D eigenvalue weighted by molar-refractivity contribution is 0.0946. The Morgan fingerprint density at radius 2 is 1.90 bits per heavy atom. The van der Waals surface area contributed by atoms with Crippen molar-refractivity contribution in [1.29, 1.82) is 0 Å². The maximum Gasteiger partial charge on any atom is 0.254 e. The number of carbonyl (C=O) groups is 1. The first-order valence-corrected chi connectivity index (χ1v) is 6.72. The summed E-state index contributed by atoms with van der Waals surface area (Å²) >= 11 is 0. The van der Waals surface area contributed by atoms with E-state index in [9.17, 15) is 9.18 Å². The number of amides is 1. The van der Waals surface area contributed by atoms with E-state index in [2.05, 4.69) is 5.32 Å². The molecule has 3 nitrogen and oxygen atoms in total. The number of nitrogens with one attached hydrogen (secondary N) is 1. The van der Waals surface area contributed by atoms with Gasteiger partial charge in [0.05, 0.1) is 12.2 Å². The Kier molecular flexibility index (Phi) is 5.06. The van der Waals surface area contributed by atoms with Crippen LogP contribution in [0.3, 0.4) is 0 Å². The van der Waals surface area contributed by atoms with E-state index in [1.54, 1.807) is 26.2 Å². The zero-order chi connectivity index (χ0) is 15.2. The number of halogens is 1. The fourth-order valence-corrected chi connectivity index (χ4v) is 2.10. The van der Waals surface area contributed by atoms with Gasteiger partial charge in [0.25, 0.3) is 5.91 Å². The van der Waals surface area contributed by atoms with E-state index in [4.69, 9.17) is 4.74 Å². The summed E-state index contributed by atoms with van der Waals surface area (Å²) in [7, 11) is 1.63. The molecule has 0 atom stereocenters. The second kappa shape index (κ2) is 6.99. The van der Waals surface area contributed by atoms with Crippen LogP contribution in [0.4, 0.5) is 4.39 Å². The molecule has 0 heterocycles. The molecular weight excluding hydrogens is 269 g/mol. The molecule has 0 bridgehead atoms. The number of methoxy groups -OCH3 is 1. The van der Waals surface area contributed by atoms with Crippen LogP contribution in [0.15, 0.2) is 42.5 Å². The fraction of sp³-hybridized carbons (Fsp3) is 0.235. The van der Waals surface area contributed by atoms with E-state index in [-0.39, 0.29) is 5.56 Å². The lowest BCUT2D eigenvalue weighted by Gasteiger charge is -2.08. The van der Waals surface area contributed by atoms with Crippen LogP contribution in [-0.2, 0) is 17.9 Å². The van der Waals surface area contributed by atoms with Gasteiger partial charge in [0.2, 0.25) is 0 Å². The minimum atomic E-state index is -0.469. The summed E-state index contributed by atoms with van der Waals surface area (Å²) in [6, 6.07) is 12.5. The van der Waals surface area contributed by atoms with Crippen LogP contribution in [0.25, 0.3) is 0 Å². The van der Waals surface area contributed by atoms with Crippen molar-refractivity contribution < 1.29 is 13.9 Å². The van der Waals surface area contributed by atoms with Crippen molar-refractivity contribution in [3.63, 3.8) is 0 Å². The standard InChI is InChI=1S/C17H18FNO2/c1-12-5-3-8-15(16(12)18)17(20)19-10-13-6-4-7-14(9-13)11-21-2/h3-9H,10-11H2,1-2H3,(H,19,20). The molecular formula is C17H18FNO2. The van der Waals surface area contributed by atoms with Gasteiger partial charge in [0.15, 0.2) is 0 Å². The number of hydrogen-bond donors (Lipinski definition) is 1. The van der Waals surface area contributed by atoms with Crippen molar-refractivity contribution in [1.82, 2.24) is 5.32 Å². The van der Waals surface area contributed by atoms with Crippen molar-refractivity contribution in [3.05, 3.63) is 70.5 Å². The second-order valence-electron chi connectivity index (χ2n) is 4.87. The molecule has 2 aromatic rings. The van der Waals surface area contributed by atoms with E-state index < -0.39 is 11.7 Å². The Morgan fingerprint density at radius 3 is 2.67 bits per heavy atom. The highest BCUT2D eigenvalue weighted by atomic mass is 19.1. The number of hydrogen-bond acceptors (Lipinski definition) is 2. The van der Waals surface area contributed by atoms with Crippen LogP contribution < -0.4 is 5.32 Å². The number of benzene rings is 2. The maximum atomic E-state index is 13.9. The SMILES string of the molecule is COCc1cccc(CNC(=O)c2cccc(C)c2F)c1. The van der Waals surface area contributed by atoms with Crippen LogP contribution >= 0.6 is 0 Å². The highest BCUT2D eigenvalue weighted by Crippen LogP contribution is 2.12. The molecule has 0 aromatic heterocycles. The van der Waals surface area contributed by atoms with Gasteiger partial charge in [-0.15, -0.1) is 0 Å². The molecule has 0 aliphatic heterocycles. The van der Waals surface area contributed by atoms with Gasteiger partial charge in [0.1, 0.15) is 5.82 Å². The third kappa shape index (κ3) is 3.89. The summed E-state index contributed by atoms with van der Waals surface area (Å²) in [6.45, 7) is 2.51. The first-order valence-electron chi connectivity index (χ1n) is 6.72. The van der Waals surface area contributed by atoms with E-state index in [1.807, 2.05) is 24.3 Å². The van der Waals surface area contributed by atoms with Gasteiger partial charge in [-0.2, -0.15) is 0 Å². The Labute approximate surface area is 123 Å². The topological polar surface area (TPSA) is 38.3 Å². The molecule has 0 fully saturated rings. The first kappa shape index (κ1) is 15.2. The average molecular weight is 287 g/mol. The number of aryl methyl sites for hydroxylation is 1. The van der Waals surface area contributed by atoms with Crippen molar-refractivity contribution in [2.75, 3.05) is 7.11 Å². The Bertz CT molecular complexity index is 640. The molecule has 2 aromatic carbocycles. The Balaban J connectivity index is 2.04. The Morgan fingerprint density at radius 1 is 1.19 bits per heavy atom. The van der Waals surface area contributed by atoms with E-state index in [0.29, 0.717) is 18.7 Å². The third-order valence-electron chi connectivity index (χ3n) is 3.19. The van der Waals surface area contributed by atoms with Gasteiger partial charge in [-0.05, 0) is 29.7 Å². The highest BCUT2D eigenvalue weighted by molar-refractivity contribution is 5.94. The smallest absolute Gasteiger partial charge is 0.254 e. The van der Waals surface area contributed by atoms with E-state index >= 15 is 0 Å². The molecule has 21 heavy (non-hydrogen) atoms. The first-order chi connectivity index (χ1) is 10.1. The highest BCUT2D eigenvalue weighted by Gasteiger charge is 2.12. The van der Waals surface area contributed by atoms with Crippen molar-refractivity contribution in [2.45, 2.75) is 20.1 Å². The summed E-state index contributed by atoms with van der Waals surface area (Å²) in [4.78, 5) is 12.0.